The van der Waals surface area contributed by atoms with Crippen molar-refractivity contribution in [3.8, 4) is 0 Å². The number of aliphatic carboxylic acids is 2. The van der Waals surface area contributed by atoms with Crippen molar-refractivity contribution in [2.24, 2.45) is 0 Å². The molecule has 0 fully saturated rings. The van der Waals surface area contributed by atoms with Crippen molar-refractivity contribution < 1.29 is 29.4 Å². The summed E-state index contributed by atoms with van der Waals surface area (Å²) in [5, 5.41) is 26.3. The molecule has 1 aromatic carbocycles. The molecule has 2 aromatic rings. The maximum atomic E-state index is 12.3. The number of anilines is 4. The van der Waals surface area contributed by atoms with E-state index < -0.39 is 41.9 Å². The molecule has 8 N–H and O–H groups in total. The zero-order chi connectivity index (χ0) is 24.8. The van der Waals surface area contributed by atoms with Crippen LogP contribution in [0.2, 0.25) is 0 Å². The Bertz CT molecular complexity index is 1160. The van der Waals surface area contributed by atoms with Gasteiger partial charge in [-0.05, 0) is 30.7 Å². The van der Waals surface area contributed by atoms with Gasteiger partial charge >= 0.3 is 11.9 Å². The minimum absolute atomic E-state index is 0. The van der Waals surface area contributed by atoms with Crippen molar-refractivity contribution in [3.63, 3.8) is 0 Å². The first-order valence-corrected chi connectivity index (χ1v) is 10.2. The third kappa shape index (κ3) is 7.07. The molecule has 2 heterocycles. The van der Waals surface area contributed by atoms with Gasteiger partial charge in [-0.15, -0.1) is 0 Å². The molecule has 0 saturated heterocycles. The summed E-state index contributed by atoms with van der Waals surface area (Å²) in [6, 6.07) is 4.36. The molecule has 3 rings (SSSR count). The van der Waals surface area contributed by atoms with Gasteiger partial charge in [-0.3, -0.25) is 24.2 Å². The van der Waals surface area contributed by atoms with Gasteiger partial charge in [-0.1, -0.05) is 0 Å². The zero-order valence-corrected chi connectivity index (χ0v) is 20.7. The second-order valence-electron chi connectivity index (χ2n) is 7.45. The standard InChI is InChI=1S/C20H23N7O7.Ca/c21-20-25-16-15(18(32)26-20)27(9-28)12(8-23-16)7-22-11-3-1-10(2-4-11)17(31)24-13(19(33)34)5-6-14(29)30;/h1-4,9,12-13,22H,5-8H2,(H,24,31)(H,29,30)(H,33,34)(H4,21,23,25,26,32);/t12-,13+;/m1./s1. The van der Waals surface area contributed by atoms with Crippen LogP contribution < -0.4 is 32.1 Å². The van der Waals surface area contributed by atoms with Crippen molar-refractivity contribution in [2.75, 3.05) is 34.4 Å². The van der Waals surface area contributed by atoms with Gasteiger partial charge < -0.3 is 36.8 Å². The maximum Gasteiger partial charge on any atom is 0.326 e. The van der Waals surface area contributed by atoms with Crippen LogP contribution in [0.15, 0.2) is 29.1 Å². The number of carboxylic acids is 2. The summed E-state index contributed by atoms with van der Waals surface area (Å²) in [6.45, 7) is 0.568. The molecular formula is C20H23CaN7O7. The average Bonchev–Trinajstić information content (AvgIpc) is 2.79. The molecule has 182 valence electrons. The summed E-state index contributed by atoms with van der Waals surface area (Å²) < 4.78 is 0. The molecule has 0 saturated carbocycles. The fraction of sp³-hybridized carbons (Fsp3) is 0.300. The van der Waals surface area contributed by atoms with Crippen LogP contribution in [0, 0.1) is 0 Å². The molecule has 14 nitrogen and oxygen atoms in total. The Morgan fingerprint density at radius 2 is 1.94 bits per heavy atom. The van der Waals surface area contributed by atoms with Crippen LogP contribution >= 0.6 is 0 Å². The fourth-order valence-corrected chi connectivity index (χ4v) is 3.39. The number of aromatic nitrogens is 2. The largest absolute Gasteiger partial charge is 0.481 e. The number of hydrogen-bond acceptors (Lipinski definition) is 9. The predicted octanol–water partition coefficient (Wildman–Crippen LogP) is -1.11. The van der Waals surface area contributed by atoms with Crippen LogP contribution in [0.4, 0.5) is 23.1 Å². The average molecular weight is 514 g/mol. The molecule has 2 radical (unpaired) electrons. The summed E-state index contributed by atoms with van der Waals surface area (Å²) in [5.41, 5.74) is 5.84. The second-order valence-corrected chi connectivity index (χ2v) is 7.45. The molecule has 1 aliphatic rings. The molecule has 1 aliphatic heterocycles. The number of carboxylic acid groups (broad SMARTS) is 2. The number of rotatable bonds is 10. The molecular weight excluding hydrogens is 490 g/mol. The molecule has 0 spiro atoms. The van der Waals surface area contributed by atoms with Crippen LogP contribution in [0.1, 0.15) is 23.2 Å². The van der Waals surface area contributed by atoms with Crippen LogP contribution in [-0.2, 0) is 14.4 Å². The number of fused-ring (bicyclic) bond motifs is 1. The Kier molecular flexibility index (Phi) is 9.86. The van der Waals surface area contributed by atoms with Crippen molar-refractivity contribution in [1.82, 2.24) is 15.3 Å². The van der Waals surface area contributed by atoms with Gasteiger partial charge in [-0.2, -0.15) is 4.98 Å². The first kappa shape index (κ1) is 27.9. The number of nitrogens with one attached hydrogen (secondary N) is 4. The van der Waals surface area contributed by atoms with Gasteiger partial charge in [0.1, 0.15) is 6.04 Å². The Morgan fingerprint density at radius 3 is 2.54 bits per heavy atom. The molecule has 2 atom stereocenters. The van der Waals surface area contributed by atoms with E-state index in [1.165, 1.54) is 17.0 Å². The van der Waals surface area contributed by atoms with Gasteiger partial charge in [0.25, 0.3) is 11.5 Å². The monoisotopic (exact) mass is 513 g/mol. The van der Waals surface area contributed by atoms with E-state index in [-0.39, 0.29) is 73.7 Å². The van der Waals surface area contributed by atoms with Gasteiger partial charge in [-0.25, -0.2) is 4.79 Å². The third-order valence-electron chi connectivity index (χ3n) is 5.12. The van der Waals surface area contributed by atoms with Crippen LogP contribution in [-0.4, -0.2) is 107 Å². The van der Waals surface area contributed by atoms with Crippen molar-refractivity contribution in [1.29, 1.82) is 0 Å². The number of nitrogens with zero attached hydrogens (tertiary/aromatic N) is 2. The minimum Gasteiger partial charge on any atom is -0.481 e. The molecule has 15 heteroatoms. The molecule has 2 amide bonds. The van der Waals surface area contributed by atoms with Crippen LogP contribution in [0.5, 0.6) is 0 Å². The number of carbonyl (C=O) groups excluding carboxylic acids is 2. The van der Waals surface area contributed by atoms with Crippen molar-refractivity contribution >= 4 is 85.1 Å². The smallest absolute Gasteiger partial charge is 0.326 e. The summed E-state index contributed by atoms with van der Waals surface area (Å²) >= 11 is 0. The topological polar surface area (TPSA) is 220 Å². The predicted molar refractivity (Wildman–Crippen MR) is 127 cm³/mol. The molecule has 0 aliphatic carbocycles. The Labute approximate surface area is 228 Å². The SMILES string of the molecule is Nc1nc2c(c(=O)[nH]1)N(C=O)[C@H](CNc1ccc(C(=O)N[C@@H](CCC(=O)O)C(=O)O)cc1)CN2.[Ca]. The Hall–Kier alpha value is -3.36. The van der Waals surface area contributed by atoms with Crippen molar-refractivity contribution in [3.05, 3.63) is 40.2 Å². The summed E-state index contributed by atoms with van der Waals surface area (Å²) in [6.07, 6.45) is -0.101. The third-order valence-corrected chi connectivity index (χ3v) is 5.12. The van der Waals surface area contributed by atoms with E-state index >= 15 is 0 Å². The van der Waals surface area contributed by atoms with E-state index in [2.05, 4.69) is 25.9 Å². The number of nitrogen functional groups attached to an aromatic ring is 1. The Balaban J connectivity index is 0.00000432. The molecule has 0 bridgehead atoms. The van der Waals surface area contributed by atoms with E-state index in [9.17, 15) is 29.1 Å². The number of carbonyl (C=O) groups is 4. The zero-order valence-electron chi connectivity index (χ0n) is 18.5. The number of aromatic amines is 1. The van der Waals surface area contributed by atoms with E-state index in [4.69, 9.17) is 10.8 Å². The van der Waals surface area contributed by atoms with Gasteiger partial charge in [0, 0.05) is 68.5 Å². The first-order valence-electron chi connectivity index (χ1n) is 10.2. The number of nitrogens with two attached hydrogens (primary N) is 1. The van der Waals surface area contributed by atoms with Crippen LogP contribution in [0.3, 0.4) is 0 Å². The molecule has 1 aromatic heterocycles. The molecule has 0 unspecified atom stereocenters. The maximum absolute atomic E-state index is 12.3. The summed E-state index contributed by atoms with van der Waals surface area (Å²) in [7, 11) is 0. The van der Waals surface area contributed by atoms with E-state index in [0.717, 1.165) is 0 Å². The normalized spacial score (nSPS) is 15.0. The second kappa shape index (κ2) is 12.4. The van der Waals surface area contributed by atoms with Crippen molar-refractivity contribution in [2.45, 2.75) is 24.9 Å². The number of benzene rings is 1. The van der Waals surface area contributed by atoms with E-state index in [1.54, 1.807) is 12.1 Å². The quantitative estimate of drug-likeness (QED) is 0.149. The van der Waals surface area contributed by atoms with Gasteiger partial charge in [0.15, 0.2) is 11.5 Å². The van der Waals surface area contributed by atoms with Gasteiger partial charge in [0.05, 0.1) is 6.04 Å². The number of H-pyrrole nitrogens is 1. The number of amides is 2. The van der Waals surface area contributed by atoms with E-state index in [0.29, 0.717) is 18.6 Å². The van der Waals surface area contributed by atoms with Gasteiger partial charge in [0.2, 0.25) is 12.4 Å². The summed E-state index contributed by atoms with van der Waals surface area (Å²) in [4.78, 5) is 65.7. The van der Waals surface area contributed by atoms with E-state index in [1.807, 2.05) is 0 Å². The first-order chi connectivity index (χ1) is 16.2. The molecule has 35 heavy (non-hydrogen) atoms. The summed E-state index contributed by atoms with van der Waals surface area (Å²) in [5.74, 6) is -3.00. The van der Waals surface area contributed by atoms with Crippen LogP contribution in [0.25, 0.3) is 0 Å². The Morgan fingerprint density at radius 1 is 1.26 bits per heavy atom. The fourth-order valence-electron chi connectivity index (χ4n) is 3.39. The minimum atomic E-state index is -1.33. The number of hydrogen-bond donors (Lipinski definition) is 7.